The van der Waals surface area contributed by atoms with Crippen molar-refractivity contribution in [3.8, 4) is 11.8 Å². The van der Waals surface area contributed by atoms with Gasteiger partial charge in [-0.1, -0.05) is 48.5 Å². The van der Waals surface area contributed by atoms with E-state index in [4.69, 9.17) is 4.74 Å². The van der Waals surface area contributed by atoms with E-state index in [-0.39, 0.29) is 12.6 Å². The minimum Gasteiger partial charge on any atom is -0.425 e. The zero-order valence-corrected chi connectivity index (χ0v) is 11.6. The van der Waals surface area contributed by atoms with Crippen molar-refractivity contribution in [1.29, 1.82) is 0 Å². The van der Waals surface area contributed by atoms with Crippen LogP contribution in [0.3, 0.4) is 0 Å². The number of hydrogen-bond acceptors (Lipinski definition) is 4. The van der Waals surface area contributed by atoms with Gasteiger partial charge in [-0.2, -0.15) is 0 Å². The number of hydrogen-bond donors (Lipinski definition) is 1. The lowest BCUT2D eigenvalue weighted by Crippen LogP contribution is -2.33. The molecule has 0 spiro atoms. The SMILES string of the molecule is O=c1nc(Oc2ccccc2)n(Cc2ccccc2)c(=O)[nH]1. The van der Waals surface area contributed by atoms with Crippen LogP contribution in [0.5, 0.6) is 11.8 Å². The molecule has 0 saturated heterocycles. The highest BCUT2D eigenvalue weighted by Gasteiger charge is 2.10. The summed E-state index contributed by atoms with van der Waals surface area (Å²) in [6.07, 6.45) is 0. The van der Waals surface area contributed by atoms with Gasteiger partial charge in [-0.3, -0.25) is 4.98 Å². The molecule has 3 aromatic rings. The van der Waals surface area contributed by atoms with Crippen molar-refractivity contribution in [2.45, 2.75) is 6.54 Å². The van der Waals surface area contributed by atoms with Crippen molar-refractivity contribution in [3.63, 3.8) is 0 Å². The van der Waals surface area contributed by atoms with Gasteiger partial charge < -0.3 is 4.74 Å². The molecular weight excluding hydrogens is 282 g/mol. The molecule has 6 nitrogen and oxygen atoms in total. The predicted octanol–water partition coefficient (Wildman–Crippen LogP) is 1.77. The second-order valence-corrected chi connectivity index (χ2v) is 4.62. The third-order valence-corrected chi connectivity index (χ3v) is 3.02. The molecule has 0 unspecified atom stereocenters. The van der Waals surface area contributed by atoms with Crippen LogP contribution in [0, 0.1) is 0 Å². The molecule has 0 atom stereocenters. The highest BCUT2D eigenvalue weighted by molar-refractivity contribution is 5.24. The summed E-state index contributed by atoms with van der Waals surface area (Å²) in [5, 5.41) is 0. The van der Waals surface area contributed by atoms with Crippen molar-refractivity contribution in [1.82, 2.24) is 14.5 Å². The second kappa shape index (κ2) is 6.09. The molecule has 22 heavy (non-hydrogen) atoms. The molecular formula is C16H13N3O3. The molecule has 0 amide bonds. The van der Waals surface area contributed by atoms with Gasteiger partial charge in [0, 0.05) is 0 Å². The molecule has 0 fully saturated rings. The summed E-state index contributed by atoms with van der Waals surface area (Å²) in [5.74, 6) is 0.502. The van der Waals surface area contributed by atoms with Gasteiger partial charge in [0.2, 0.25) is 0 Å². The van der Waals surface area contributed by atoms with Gasteiger partial charge in [-0.25, -0.2) is 14.2 Å². The highest BCUT2D eigenvalue weighted by Crippen LogP contribution is 2.17. The molecule has 1 N–H and O–H groups in total. The Morgan fingerprint density at radius 2 is 1.59 bits per heavy atom. The minimum atomic E-state index is -0.736. The molecule has 2 aromatic carbocycles. The molecule has 6 heteroatoms. The van der Waals surface area contributed by atoms with Crippen molar-refractivity contribution in [2.75, 3.05) is 0 Å². The quantitative estimate of drug-likeness (QED) is 0.796. The van der Waals surface area contributed by atoms with Crippen LogP contribution in [0.4, 0.5) is 0 Å². The number of aromatic amines is 1. The first-order valence-electron chi connectivity index (χ1n) is 6.70. The number of benzene rings is 2. The van der Waals surface area contributed by atoms with Gasteiger partial charge in [0.1, 0.15) is 5.75 Å². The first-order valence-corrected chi connectivity index (χ1v) is 6.70. The summed E-state index contributed by atoms with van der Waals surface area (Å²) < 4.78 is 6.86. The van der Waals surface area contributed by atoms with Crippen LogP contribution >= 0.6 is 0 Å². The van der Waals surface area contributed by atoms with Gasteiger partial charge in [0.25, 0.3) is 0 Å². The Morgan fingerprint density at radius 1 is 0.955 bits per heavy atom. The highest BCUT2D eigenvalue weighted by atomic mass is 16.5. The van der Waals surface area contributed by atoms with Crippen LogP contribution in [0.25, 0.3) is 0 Å². The Labute approximate surface area is 125 Å². The van der Waals surface area contributed by atoms with Gasteiger partial charge in [-0.05, 0) is 17.7 Å². The van der Waals surface area contributed by atoms with Crippen LogP contribution in [-0.2, 0) is 6.54 Å². The average molecular weight is 295 g/mol. The lowest BCUT2D eigenvalue weighted by atomic mass is 10.2. The zero-order valence-electron chi connectivity index (χ0n) is 11.6. The number of nitrogens with one attached hydrogen (secondary N) is 1. The molecule has 0 saturated carbocycles. The van der Waals surface area contributed by atoms with E-state index >= 15 is 0 Å². The number of rotatable bonds is 4. The van der Waals surface area contributed by atoms with E-state index in [1.807, 2.05) is 36.4 Å². The topological polar surface area (TPSA) is 77.0 Å². The largest absolute Gasteiger partial charge is 0.425 e. The Kier molecular flexibility index (Phi) is 3.82. The average Bonchev–Trinajstić information content (AvgIpc) is 2.53. The monoisotopic (exact) mass is 295 g/mol. The molecule has 0 aliphatic heterocycles. The molecule has 0 bridgehead atoms. The summed E-state index contributed by atoms with van der Waals surface area (Å²) in [6.45, 7) is 0.256. The maximum Gasteiger partial charge on any atom is 0.353 e. The van der Waals surface area contributed by atoms with E-state index in [1.54, 1.807) is 24.3 Å². The van der Waals surface area contributed by atoms with E-state index in [9.17, 15) is 9.59 Å². The molecule has 0 aliphatic carbocycles. The predicted molar refractivity (Wildman–Crippen MR) is 81.2 cm³/mol. The molecule has 0 radical (unpaired) electrons. The summed E-state index contributed by atoms with van der Waals surface area (Å²) >= 11 is 0. The second-order valence-electron chi connectivity index (χ2n) is 4.62. The number of ether oxygens (including phenoxy) is 1. The van der Waals surface area contributed by atoms with E-state index < -0.39 is 11.4 Å². The standard InChI is InChI=1S/C16H13N3O3/c20-14-17-15(21)19(11-12-7-3-1-4-8-12)16(18-14)22-13-9-5-2-6-10-13/h1-10H,11H2,(H,17,20,21). The smallest absolute Gasteiger partial charge is 0.353 e. The van der Waals surface area contributed by atoms with Crippen molar-refractivity contribution in [2.24, 2.45) is 0 Å². The van der Waals surface area contributed by atoms with Gasteiger partial charge in [0.05, 0.1) is 6.54 Å². The minimum absolute atomic E-state index is 0.0381. The third-order valence-electron chi connectivity index (χ3n) is 3.02. The van der Waals surface area contributed by atoms with Gasteiger partial charge in [0.15, 0.2) is 0 Å². The third kappa shape index (κ3) is 3.12. The lowest BCUT2D eigenvalue weighted by Gasteiger charge is -2.11. The Morgan fingerprint density at radius 3 is 2.27 bits per heavy atom. The van der Waals surface area contributed by atoms with E-state index in [2.05, 4.69) is 9.97 Å². The van der Waals surface area contributed by atoms with Crippen LogP contribution in [0.1, 0.15) is 5.56 Å². The molecule has 110 valence electrons. The van der Waals surface area contributed by atoms with E-state index in [0.717, 1.165) is 5.56 Å². The number of para-hydroxylation sites is 1. The van der Waals surface area contributed by atoms with Gasteiger partial charge in [-0.15, -0.1) is 4.98 Å². The summed E-state index contributed by atoms with van der Waals surface area (Å²) in [7, 11) is 0. The van der Waals surface area contributed by atoms with Crippen LogP contribution in [0.2, 0.25) is 0 Å². The molecule has 3 rings (SSSR count). The van der Waals surface area contributed by atoms with Crippen molar-refractivity contribution in [3.05, 3.63) is 87.2 Å². The molecule has 1 aromatic heterocycles. The number of H-pyrrole nitrogens is 1. The Balaban J connectivity index is 2.01. The molecule has 0 aliphatic rings. The number of nitrogens with zero attached hydrogens (tertiary/aromatic N) is 2. The zero-order chi connectivity index (χ0) is 15.4. The van der Waals surface area contributed by atoms with Crippen LogP contribution in [-0.4, -0.2) is 14.5 Å². The van der Waals surface area contributed by atoms with Gasteiger partial charge >= 0.3 is 17.4 Å². The van der Waals surface area contributed by atoms with E-state index in [0.29, 0.717) is 5.75 Å². The first-order chi connectivity index (χ1) is 10.7. The molecule has 1 heterocycles. The van der Waals surface area contributed by atoms with Crippen LogP contribution in [0.15, 0.2) is 70.3 Å². The fraction of sp³-hybridized carbons (Fsp3) is 0.0625. The lowest BCUT2D eigenvalue weighted by molar-refractivity contribution is 0.396. The van der Waals surface area contributed by atoms with Crippen molar-refractivity contribution < 1.29 is 4.74 Å². The number of aromatic nitrogens is 3. The van der Waals surface area contributed by atoms with Crippen molar-refractivity contribution >= 4 is 0 Å². The van der Waals surface area contributed by atoms with E-state index in [1.165, 1.54) is 4.57 Å². The summed E-state index contributed by atoms with van der Waals surface area (Å²) in [6, 6.07) is 18.2. The Hall–Kier alpha value is -3.15. The first kappa shape index (κ1) is 13.8. The normalized spacial score (nSPS) is 10.4. The fourth-order valence-corrected chi connectivity index (χ4v) is 2.00. The summed E-state index contributed by atoms with van der Waals surface area (Å²) in [4.78, 5) is 29.4. The maximum absolute atomic E-state index is 12.0. The maximum atomic E-state index is 12.0. The van der Waals surface area contributed by atoms with Crippen LogP contribution < -0.4 is 16.1 Å². The fourth-order valence-electron chi connectivity index (χ4n) is 2.00. The summed E-state index contributed by atoms with van der Waals surface area (Å²) in [5.41, 5.74) is -0.397. The Bertz CT molecular complexity index is 870.